The third-order valence-corrected chi connectivity index (χ3v) is 20.4. The molecule has 41 nitrogen and oxygen atoms in total. The summed E-state index contributed by atoms with van der Waals surface area (Å²) in [5, 5.41) is 48.8. The molecule has 12 aromatic heterocycles. The molecule has 121 heavy (non-hydrogen) atoms. The molecule has 4 aliphatic rings. The summed E-state index contributed by atoms with van der Waals surface area (Å²) < 4.78 is 0. The highest BCUT2D eigenvalue weighted by Crippen LogP contribution is 2.37. The number of carboxylic acid groups (broad SMARTS) is 1. The standard InChI is InChI=1S/3C20H21N7O3.C12H16N4.C8H7N3O4/c3*1-11-2-5-17(15-4-3-14-16(25-15)9-23-26-14)27(10-11)20(30)19(29)24-13-6-12(18(21)28)7-22-8-13;1-8-2-3-9(13-6-8)10-4-5-11-12(15-10)7-14-16-11;9-6(12)4-1-5(3-10-2-4)11-7(13)8(14)15/h3*3-4,6-9,11,17H,2,5,10H2,1H3,(H2,21,28)(H,23,26)(H,24,29);4-5,7-9,13H,2-3,6H2,1H3,(H,14,16);1-3H,(H2,9,12)(H,11,13)(H,14,15)/t3*11-,17+;8-,9+;/m1111./s1. The van der Waals surface area contributed by atoms with E-state index in [4.69, 9.17) is 28.0 Å². The Morgan fingerprint density at radius 2 is 0.620 bits per heavy atom. The summed E-state index contributed by atoms with van der Waals surface area (Å²) in [6.07, 6.45) is 24.3. The molecular weight excluding hydrogens is 1560 g/mol. The average molecular weight is 1650 g/mol. The minimum atomic E-state index is -1.63. The Morgan fingerprint density at radius 1 is 0.347 bits per heavy atom. The van der Waals surface area contributed by atoms with Crippen LogP contribution in [0.2, 0.25) is 0 Å². The quantitative estimate of drug-likeness (QED) is 0.0681. The molecular formula is C80H86N28O13. The second-order valence-corrected chi connectivity index (χ2v) is 29.7. The van der Waals surface area contributed by atoms with Gasteiger partial charge in [0.05, 0.1) is 158 Å². The predicted octanol–water partition coefficient (Wildman–Crippen LogP) is 5.39. The fourth-order valence-electron chi connectivity index (χ4n) is 14.1. The van der Waals surface area contributed by atoms with Gasteiger partial charge in [0, 0.05) is 50.5 Å². The minimum absolute atomic E-state index is 0.0817. The van der Waals surface area contributed by atoms with Crippen LogP contribution in [-0.4, -0.2) is 198 Å². The number of aromatic amines is 4. The predicted molar refractivity (Wildman–Crippen MR) is 436 cm³/mol. The summed E-state index contributed by atoms with van der Waals surface area (Å²) in [7, 11) is 0. The van der Waals surface area contributed by atoms with Gasteiger partial charge in [0.2, 0.25) is 23.6 Å². The molecule has 4 saturated heterocycles. The number of rotatable bonds is 12. The zero-order chi connectivity index (χ0) is 86.1. The van der Waals surface area contributed by atoms with Crippen LogP contribution in [0.3, 0.4) is 0 Å². The number of piperidine rings is 4. The molecule has 16 heterocycles. The second-order valence-electron chi connectivity index (χ2n) is 29.7. The van der Waals surface area contributed by atoms with Crippen molar-refractivity contribution in [2.45, 2.75) is 103 Å². The summed E-state index contributed by atoms with van der Waals surface area (Å²) >= 11 is 0. The molecule has 16 rings (SSSR count). The molecule has 0 bridgehead atoms. The van der Waals surface area contributed by atoms with Crippen LogP contribution in [0.1, 0.15) is 167 Å². The summed E-state index contributed by atoms with van der Waals surface area (Å²) in [5.41, 5.74) is 31.8. The maximum atomic E-state index is 13.0. The molecule has 18 N–H and O–H groups in total. The van der Waals surface area contributed by atoms with Gasteiger partial charge in [-0.05, 0) is 154 Å². The molecule has 0 spiro atoms. The van der Waals surface area contributed by atoms with E-state index in [0.717, 1.165) is 65.0 Å². The Bertz CT molecular complexity index is 5460. The first kappa shape index (κ1) is 85.1. The zero-order valence-electron chi connectivity index (χ0n) is 65.8. The van der Waals surface area contributed by atoms with Gasteiger partial charge in [0.15, 0.2) is 0 Å². The van der Waals surface area contributed by atoms with Gasteiger partial charge in [-0.1, -0.05) is 27.7 Å². The zero-order valence-corrected chi connectivity index (χ0v) is 65.8. The van der Waals surface area contributed by atoms with Crippen LogP contribution in [0.5, 0.6) is 0 Å². The van der Waals surface area contributed by atoms with Gasteiger partial charge in [0.25, 0.3) is 0 Å². The Kier molecular flexibility index (Phi) is 27.2. The molecule has 0 aliphatic carbocycles. The van der Waals surface area contributed by atoms with E-state index in [1.165, 1.54) is 86.7 Å². The number of hydrogen-bond donors (Lipinski definition) is 14. The fourth-order valence-corrected chi connectivity index (χ4v) is 14.1. The monoisotopic (exact) mass is 1650 g/mol. The number of carboxylic acids is 1. The van der Waals surface area contributed by atoms with Crippen molar-refractivity contribution in [1.82, 2.24) is 101 Å². The molecule has 0 radical (unpaired) electrons. The van der Waals surface area contributed by atoms with Crippen molar-refractivity contribution in [3.05, 3.63) is 192 Å². The third-order valence-electron chi connectivity index (χ3n) is 20.4. The smallest absolute Gasteiger partial charge is 0.394 e. The first-order valence-electron chi connectivity index (χ1n) is 38.4. The minimum Gasteiger partial charge on any atom is -0.474 e. The summed E-state index contributed by atoms with van der Waals surface area (Å²) in [6.45, 7) is 10.8. The van der Waals surface area contributed by atoms with Gasteiger partial charge in [0.1, 0.15) is 22.1 Å². The van der Waals surface area contributed by atoms with E-state index in [-0.39, 0.29) is 80.9 Å². The van der Waals surface area contributed by atoms with E-state index in [9.17, 15) is 57.5 Å². The number of amides is 11. The fraction of sp³-hybridized carbons (Fsp3) is 0.300. The molecule has 41 heteroatoms. The van der Waals surface area contributed by atoms with E-state index >= 15 is 0 Å². The largest absolute Gasteiger partial charge is 0.474 e. The Hall–Kier alpha value is -15.3. The van der Waals surface area contributed by atoms with Crippen LogP contribution in [0.15, 0.2) is 147 Å². The number of aromatic nitrogens is 16. The number of H-pyrrole nitrogens is 4. The van der Waals surface area contributed by atoms with Crippen LogP contribution in [0.4, 0.5) is 22.7 Å². The SMILES string of the molecule is C[C@@H]1CC[C@@H](c2ccc3[nH]ncc3n2)N(C(=O)C(=O)Nc2cncc(C(N)=O)c2)C1.C[C@@H]1CC[C@@H](c2ccc3[nH]ncc3n2)N(C(=O)C(=O)Nc2cncc(C(N)=O)c2)C1.C[C@@H]1CC[C@@H](c2ccc3[nH]ncc3n2)N(C(=O)C(=O)Nc2cncc(C(N)=O)c2)C1.C[C@@H]1CC[C@@H](c2ccc3[nH]ncc3n2)NC1.NC(=O)c1cncc(NC(=O)C(=O)O)c1. The molecule has 8 atom stereocenters. The van der Waals surface area contributed by atoms with E-state index in [1.54, 1.807) is 39.5 Å². The number of fused-ring (bicyclic) bond motifs is 4. The van der Waals surface area contributed by atoms with E-state index in [1.807, 2.05) is 62.5 Å². The lowest BCUT2D eigenvalue weighted by atomic mass is 9.92. The number of likely N-dealkylation sites (tertiary alicyclic amines) is 3. The number of nitrogens with two attached hydrogens (primary N) is 4. The lowest BCUT2D eigenvalue weighted by Gasteiger charge is -2.37. The lowest BCUT2D eigenvalue weighted by Crippen LogP contribution is -2.46. The number of nitrogens with zero attached hydrogens (tertiary/aromatic N) is 15. The molecule has 4 aliphatic heterocycles. The Labute approximate surface area is 687 Å². The maximum absolute atomic E-state index is 13.0. The van der Waals surface area contributed by atoms with Gasteiger partial charge in [-0.2, -0.15) is 20.4 Å². The van der Waals surface area contributed by atoms with Crippen molar-refractivity contribution in [3.63, 3.8) is 0 Å². The van der Waals surface area contributed by atoms with Crippen LogP contribution in [0, 0.1) is 23.7 Å². The molecule has 11 amide bonds. The highest BCUT2D eigenvalue weighted by molar-refractivity contribution is 6.41. The van der Waals surface area contributed by atoms with Crippen molar-refractivity contribution in [3.8, 4) is 0 Å². The first-order chi connectivity index (χ1) is 58.1. The summed E-state index contributed by atoms with van der Waals surface area (Å²) in [5.74, 6) is -8.39. The van der Waals surface area contributed by atoms with Crippen molar-refractivity contribution < 1.29 is 62.6 Å². The summed E-state index contributed by atoms with van der Waals surface area (Å²) in [4.78, 5) is 181. The van der Waals surface area contributed by atoms with Crippen LogP contribution >= 0.6 is 0 Å². The molecule has 624 valence electrons. The number of anilines is 4. The average Bonchev–Trinajstić information content (AvgIpc) is 1.73. The Morgan fingerprint density at radius 3 is 0.893 bits per heavy atom. The van der Waals surface area contributed by atoms with Crippen molar-refractivity contribution in [2.75, 3.05) is 47.4 Å². The number of aliphatic carboxylic acids is 1. The lowest BCUT2D eigenvalue weighted by molar-refractivity contribution is -0.147. The number of carbonyl (C=O) groups is 12. The van der Waals surface area contributed by atoms with E-state index in [0.29, 0.717) is 78.6 Å². The van der Waals surface area contributed by atoms with E-state index < -0.39 is 70.9 Å². The topological polar surface area (TPSA) is 617 Å². The number of nitrogens with one attached hydrogen (secondary N) is 9. The van der Waals surface area contributed by atoms with Gasteiger partial charge in [-0.25, -0.2) is 24.7 Å². The van der Waals surface area contributed by atoms with Crippen molar-refractivity contribution in [2.24, 2.45) is 46.6 Å². The van der Waals surface area contributed by atoms with Crippen LogP contribution in [-0.2, 0) is 38.4 Å². The van der Waals surface area contributed by atoms with Gasteiger partial charge in [-0.15, -0.1) is 0 Å². The van der Waals surface area contributed by atoms with Crippen molar-refractivity contribution >= 4 is 138 Å². The molecule has 12 aromatic rings. The van der Waals surface area contributed by atoms with Crippen LogP contribution < -0.4 is 49.5 Å². The molecule has 4 fully saturated rings. The van der Waals surface area contributed by atoms with E-state index in [2.05, 4.69) is 121 Å². The molecule has 0 aromatic carbocycles. The molecule has 0 saturated carbocycles. The number of pyridine rings is 8. The van der Waals surface area contributed by atoms with Gasteiger partial charge >= 0.3 is 47.3 Å². The summed E-state index contributed by atoms with van der Waals surface area (Å²) in [6, 6.07) is 20.1. The number of hydrogen-bond acceptors (Lipinski definition) is 25. The highest BCUT2D eigenvalue weighted by Gasteiger charge is 2.39. The van der Waals surface area contributed by atoms with Gasteiger partial charge < -0.3 is 69.3 Å². The normalized spacial score (nSPS) is 18.7. The second kappa shape index (κ2) is 38.6. The van der Waals surface area contributed by atoms with Gasteiger partial charge in [-0.3, -0.25) is 93.1 Å². The number of primary amides is 4. The van der Waals surface area contributed by atoms with Crippen molar-refractivity contribution in [1.29, 1.82) is 0 Å². The first-order valence-corrected chi connectivity index (χ1v) is 38.4. The van der Waals surface area contributed by atoms with Crippen LogP contribution in [0.25, 0.3) is 44.1 Å². The Balaban J connectivity index is 0.000000142. The highest BCUT2D eigenvalue weighted by atomic mass is 16.4. The number of carbonyl (C=O) groups excluding carboxylic acids is 11. The third kappa shape index (κ3) is 21.7. The molecule has 0 unspecified atom stereocenters. The maximum Gasteiger partial charge on any atom is 0.394 e.